The molecule has 1 aromatic heterocycles. The molecule has 0 unspecified atom stereocenters. The van der Waals surface area contributed by atoms with Gasteiger partial charge in [0, 0.05) is 12.4 Å². The third kappa shape index (κ3) is 1.22. The van der Waals surface area contributed by atoms with Crippen molar-refractivity contribution in [2.75, 3.05) is 0 Å². The number of hydrogen-bond donors (Lipinski definition) is 0. The van der Waals surface area contributed by atoms with E-state index in [1.807, 2.05) is 25.1 Å². The molecule has 3 heteroatoms. The molecule has 0 fully saturated rings. The predicted octanol–water partition coefficient (Wildman–Crippen LogP) is 1.24. The van der Waals surface area contributed by atoms with Crippen LogP contribution in [-0.4, -0.2) is 9.78 Å². The lowest BCUT2D eigenvalue weighted by Gasteiger charge is -2.00. The topological polar surface area (TPSA) is 34.9 Å². The fourth-order valence-electron chi connectivity index (χ4n) is 1.34. The van der Waals surface area contributed by atoms with Crippen LogP contribution in [0.2, 0.25) is 0 Å². The first kappa shape index (κ1) is 7.98. The standard InChI is InChI=1S/C10H10N2O/c1-7-3-4-8-6-11-12(2)10(13)9(8)5-7/h3-6H,1-2H3. The van der Waals surface area contributed by atoms with Crippen molar-refractivity contribution < 1.29 is 0 Å². The van der Waals surface area contributed by atoms with Crippen LogP contribution in [0.3, 0.4) is 0 Å². The van der Waals surface area contributed by atoms with Crippen molar-refractivity contribution in [3.8, 4) is 0 Å². The van der Waals surface area contributed by atoms with Crippen molar-refractivity contribution in [1.29, 1.82) is 0 Å². The molecule has 0 radical (unpaired) electrons. The maximum atomic E-state index is 11.6. The van der Waals surface area contributed by atoms with Crippen LogP contribution in [-0.2, 0) is 7.05 Å². The molecule has 13 heavy (non-hydrogen) atoms. The van der Waals surface area contributed by atoms with Gasteiger partial charge < -0.3 is 0 Å². The monoisotopic (exact) mass is 174 g/mol. The normalized spacial score (nSPS) is 10.6. The molecule has 2 rings (SSSR count). The van der Waals surface area contributed by atoms with Crippen molar-refractivity contribution in [2.45, 2.75) is 6.92 Å². The maximum Gasteiger partial charge on any atom is 0.274 e. The van der Waals surface area contributed by atoms with E-state index in [0.29, 0.717) is 0 Å². The van der Waals surface area contributed by atoms with Gasteiger partial charge in [0.25, 0.3) is 5.56 Å². The highest BCUT2D eigenvalue weighted by Gasteiger charge is 2.00. The number of rotatable bonds is 0. The molecule has 0 atom stereocenters. The van der Waals surface area contributed by atoms with Crippen molar-refractivity contribution in [3.05, 3.63) is 40.3 Å². The highest BCUT2D eigenvalue weighted by Crippen LogP contribution is 2.09. The van der Waals surface area contributed by atoms with E-state index in [2.05, 4.69) is 5.10 Å². The number of aryl methyl sites for hydroxylation is 2. The highest BCUT2D eigenvalue weighted by atomic mass is 16.1. The zero-order valence-electron chi connectivity index (χ0n) is 7.61. The largest absolute Gasteiger partial charge is 0.274 e. The van der Waals surface area contributed by atoms with E-state index in [1.165, 1.54) is 4.68 Å². The van der Waals surface area contributed by atoms with E-state index < -0.39 is 0 Å². The van der Waals surface area contributed by atoms with Gasteiger partial charge in [-0.2, -0.15) is 5.10 Å². The summed E-state index contributed by atoms with van der Waals surface area (Å²) in [6, 6.07) is 5.78. The first-order valence-electron chi connectivity index (χ1n) is 4.11. The van der Waals surface area contributed by atoms with Gasteiger partial charge in [0.2, 0.25) is 0 Å². The van der Waals surface area contributed by atoms with E-state index in [0.717, 1.165) is 16.3 Å². The van der Waals surface area contributed by atoms with Crippen LogP contribution in [0.5, 0.6) is 0 Å². The Morgan fingerprint density at radius 1 is 1.38 bits per heavy atom. The summed E-state index contributed by atoms with van der Waals surface area (Å²) in [5.74, 6) is 0. The summed E-state index contributed by atoms with van der Waals surface area (Å²) in [5.41, 5.74) is 1.05. The van der Waals surface area contributed by atoms with E-state index in [1.54, 1.807) is 13.2 Å². The third-order valence-corrected chi connectivity index (χ3v) is 2.10. The van der Waals surface area contributed by atoms with Gasteiger partial charge in [-0.05, 0) is 13.0 Å². The van der Waals surface area contributed by atoms with Crippen LogP contribution in [0.1, 0.15) is 5.56 Å². The quantitative estimate of drug-likeness (QED) is 0.602. The molecular weight excluding hydrogens is 164 g/mol. The van der Waals surface area contributed by atoms with Crippen LogP contribution in [0.4, 0.5) is 0 Å². The second-order valence-electron chi connectivity index (χ2n) is 3.16. The molecule has 0 N–H and O–H groups in total. The Hall–Kier alpha value is -1.64. The molecule has 0 saturated heterocycles. The van der Waals surface area contributed by atoms with Crippen LogP contribution < -0.4 is 5.56 Å². The Morgan fingerprint density at radius 2 is 2.15 bits per heavy atom. The van der Waals surface area contributed by atoms with E-state index >= 15 is 0 Å². The third-order valence-electron chi connectivity index (χ3n) is 2.10. The molecular formula is C10H10N2O. The van der Waals surface area contributed by atoms with Crippen molar-refractivity contribution in [2.24, 2.45) is 7.05 Å². The lowest BCUT2D eigenvalue weighted by atomic mass is 10.1. The molecule has 66 valence electrons. The lowest BCUT2D eigenvalue weighted by molar-refractivity contribution is 0.718. The van der Waals surface area contributed by atoms with Gasteiger partial charge in [0.1, 0.15) is 0 Å². The Morgan fingerprint density at radius 3 is 2.92 bits per heavy atom. The van der Waals surface area contributed by atoms with Gasteiger partial charge >= 0.3 is 0 Å². The van der Waals surface area contributed by atoms with Gasteiger partial charge in [-0.1, -0.05) is 17.7 Å². The van der Waals surface area contributed by atoms with Crippen molar-refractivity contribution >= 4 is 10.8 Å². The molecule has 0 aliphatic heterocycles. The zero-order chi connectivity index (χ0) is 9.42. The average molecular weight is 174 g/mol. The summed E-state index contributed by atoms with van der Waals surface area (Å²) in [7, 11) is 1.66. The van der Waals surface area contributed by atoms with Crippen molar-refractivity contribution in [1.82, 2.24) is 9.78 Å². The van der Waals surface area contributed by atoms with Gasteiger partial charge in [-0.15, -0.1) is 0 Å². The number of hydrogen-bond acceptors (Lipinski definition) is 2. The minimum atomic E-state index is -0.0406. The van der Waals surface area contributed by atoms with Gasteiger partial charge in [0.05, 0.1) is 11.6 Å². The average Bonchev–Trinajstić information content (AvgIpc) is 2.12. The number of aromatic nitrogens is 2. The SMILES string of the molecule is Cc1ccc2cnn(C)c(=O)c2c1. The smallest absolute Gasteiger partial charge is 0.267 e. The molecule has 0 spiro atoms. The van der Waals surface area contributed by atoms with E-state index in [4.69, 9.17) is 0 Å². The van der Waals surface area contributed by atoms with Crippen LogP contribution in [0.25, 0.3) is 10.8 Å². The van der Waals surface area contributed by atoms with Crippen LogP contribution in [0, 0.1) is 6.92 Å². The minimum absolute atomic E-state index is 0.0406. The van der Waals surface area contributed by atoms with Crippen molar-refractivity contribution in [3.63, 3.8) is 0 Å². The molecule has 0 bridgehead atoms. The zero-order valence-corrected chi connectivity index (χ0v) is 7.61. The Labute approximate surface area is 75.6 Å². The molecule has 0 aliphatic carbocycles. The molecule has 1 heterocycles. The predicted molar refractivity (Wildman–Crippen MR) is 51.7 cm³/mol. The first-order valence-corrected chi connectivity index (χ1v) is 4.11. The van der Waals surface area contributed by atoms with Gasteiger partial charge in [-0.25, -0.2) is 4.68 Å². The maximum absolute atomic E-state index is 11.6. The second-order valence-corrected chi connectivity index (χ2v) is 3.16. The lowest BCUT2D eigenvalue weighted by Crippen LogP contribution is -2.18. The number of fused-ring (bicyclic) bond motifs is 1. The van der Waals surface area contributed by atoms with Gasteiger partial charge in [0.15, 0.2) is 0 Å². The minimum Gasteiger partial charge on any atom is -0.267 e. The summed E-state index contributed by atoms with van der Waals surface area (Å²) < 4.78 is 1.35. The first-order chi connectivity index (χ1) is 6.18. The van der Waals surface area contributed by atoms with E-state index in [-0.39, 0.29) is 5.56 Å². The number of nitrogens with zero attached hydrogens (tertiary/aromatic N) is 2. The summed E-state index contributed by atoms with van der Waals surface area (Å²) in [6.07, 6.45) is 1.70. The highest BCUT2D eigenvalue weighted by molar-refractivity contribution is 5.81. The number of benzene rings is 1. The van der Waals surface area contributed by atoms with Crippen LogP contribution >= 0.6 is 0 Å². The molecule has 2 aromatic rings. The van der Waals surface area contributed by atoms with Crippen LogP contribution in [0.15, 0.2) is 29.2 Å². The summed E-state index contributed by atoms with van der Waals surface area (Å²) in [4.78, 5) is 11.6. The molecule has 0 amide bonds. The van der Waals surface area contributed by atoms with Gasteiger partial charge in [-0.3, -0.25) is 4.79 Å². The second kappa shape index (κ2) is 2.69. The summed E-state index contributed by atoms with van der Waals surface area (Å²) in [5, 5.41) is 5.57. The molecule has 0 aliphatic rings. The molecule has 1 aromatic carbocycles. The Bertz CT molecular complexity index is 509. The fraction of sp³-hybridized carbons (Fsp3) is 0.200. The van der Waals surface area contributed by atoms with E-state index in [9.17, 15) is 4.79 Å². The molecule has 3 nitrogen and oxygen atoms in total. The fourth-order valence-corrected chi connectivity index (χ4v) is 1.34. The Balaban J connectivity index is 2.97. The molecule has 0 saturated carbocycles. The summed E-state index contributed by atoms with van der Waals surface area (Å²) in [6.45, 7) is 1.97. The Kier molecular flexibility index (Phi) is 1.65. The summed E-state index contributed by atoms with van der Waals surface area (Å²) >= 11 is 0.